The van der Waals surface area contributed by atoms with E-state index in [2.05, 4.69) is 30.9 Å². The van der Waals surface area contributed by atoms with Crippen LogP contribution < -0.4 is 4.74 Å². The van der Waals surface area contributed by atoms with Crippen molar-refractivity contribution in [2.75, 3.05) is 0 Å². The number of carbonyl (C=O) groups excluding carboxylic acids is 1. The van der Waals surface area contributed by atoms with E-state index < -0.39 is 0 Å². The van der Waals surface area contributed by atoms with Gasteiger partial charge in [0.2, 0.25) is 0 Å². The Morgan fingerprint density at radius 2 is 1.71 bits per heavy atom. The molecule has 0 amide bonds. The molecule has 2 aromatic carbocycles. The van der Waals surface area contributed by atoms with Crippen LogP contribution in [0.5, 0.6) is 5.75 Å². The molecule has 0 heterocycles. The lowest BCUT2D eigenvalue weighted by Crippen LogP contribution is -2.30. The zero-order valence-corrected chi connectivity index (χ0v) is 18.1. The summed E-state index contributed by atoms with van der Waals surface area (Å²) in [7, 11) is 0. The van der Waals surface area contributed by atoms with Crippen LogP contribution in [0.2, 0.25) is 0 Å². The topological polar surface area (TPSA) is 50.1 Å². The number of hydrogen-bond acceptors (Lipinski definition) is 3. The first kappa shape index (κ1) is 21.4. The van der Waals surface area contributed by atoms with Crippen LogP contribution in [-0.4, -0.2) is 5.97 Å². The monoisotopic (exact) mass is 413 g/mol. The van der Waals surface area contributed by atoms with Gasteiger partial charge in [-0.15, -0.1) is 6.58 Å². The third-order valence-corrected chi connectivity index (χ3v) is 7.31. The number of nitrogens with zero attached hydrogens (tertiary/aromatic N) is 1. The molecule has 0 aliphatic heterocycles. The van der Waals surface area contributed by atoms with Crippen molar-refractivity contribution in [3.05, 3.63) is 77.9 Å². The molecule has 4 rings (SSSR count). The van der Waals surface area contributed by atoms with Crippen LogP contribution in [0.4, 0.5) is 0 Å². The Labute approximate surface area is 185 Å². The molecule has 0 aromatic heterocycles. The second kappa shape index (κ2) is 9.96. The number of benzene rings is 2. The van der Waals surface area contributed by atoms with Crippen molar-refractivity contribution in [3.8, 4) is 11.8 Å². The standard InChI is InChI=1S/C28H31NO2/c1-2-3-4-20-5-8-26-18-25(14-13-24(26)17-20)22-9-11-23(12-10-22)28(30)31-27-15-6-21(19-29)7-16-27/h2,6-7,9-12,15-16,20,24-26H,1,3-5,8,13-14,17-18H2. The van der Waals surface area contributed by atoms with Gasteiger partial charge in [0.05, 0.1) is 17.2 Å². The van der Waals surface area contributed by atoms with Crippen LogP contribution in [0, 0.1) is 29.1 Å². The Hall–Kier alpha value is -2.86. The van der Waals surface area contributed by atoms with Crippen LogP contribution in [0.15, 0.2) is 61.2 Å². The Balaban J connectivity index is 1.33. The van der Waals surface area contributed by atoms with Crippen LogP contribution >= 0.6 is 0 Å². The zero-order valence-electron chi connectivity index (χ0n) is 18.1. The van der Waals surface area contributed by atoms with Gasteiger partial charge in [-0.3, -0.25) is 0 Å². The fraction of sp³-hybridized carbons (Fsp3) is 0.429. The quantitative estimate of drug-likeness (QED) is 0.290. The Morgan fingerprint density at radius 3 is 2.42 bits per heavy atom. The fourth-order valence-corrected chi connectivity index (χ4v) is 5.56. The fourth-order valence-electron chi connectivity index (χ4n) is 5.56. The summed E-state index contributed by atoms with van der Waals surface area (Å²) in [6.45, 7) is 3.87. The maximum atomic E-state index is 12.5. The van der Waals surface area contributed by atoms with E-state index in [1.54, 1.807) is 24.3 Å². The number of carbonyl (C=O) groups is 1. The van der Waals surface area contributed by atoms with Gasteiger partial charge < -0.3 is 4.74 Å². The molecule has 0 bridgehead atoms. The first-order chi connectivity index (χ1) is 15.2. The number of hydrogen-bond donors (Lipinski definition) is 0. The number of ether oxygens (including phenoxy) is 1. The summed E-state index contributed by atoms with van der Waals surface area (Å²) in [4.78, 5) is 12.5. The summed E-state index contributed by atoms with van der Waals surface area (Å²) < 4.78 is 5.44. The van der Waals surface area contributed by atoms with Crippen molar-refractivity contribution >= 4 is 5.97 Å². The highest BCUT2D eigenvalue weighted by Gasteiger charge is 2.35. The summed E-state index contributed by atoms with van der Waals surface area (Å²) >= 11 is 0. The molecule has 160 valence electrons. The number of allylic oxidation sites excluding steroid dienone is 1. The largest absolute Gasteiger partial charge is 0.423 e. The lowest BCUT2D eigenvalue weighted by Gasteiger charge is -2.42. The molecule has 3 heteroatoms. The lowest BCUT2D eigenvalue weighted by molar-refractivity contribution is 0.0734. The Morgan fingerprint density at radius 1 is 1.00 bits per heavy atom. The molecule has 0 radical (unpaired) electrons. The third kappa shape index (κ3) is 5.25. The summed E-state index contributed by atoms with van der Waals surface area (Å²) in [6.07, 6.45) is 12.6. The molecule has 4 atom stereocenters. The van der Waals surface area contributed by atoms with E-state index in [0.29, 0.717) is 22.8 Å². The van der Waals surface area contributed by atoms with Crippen LogP contribution in [-0.2, 0) is 0 Å². The van der Waals surface area contributed by atoms with E-state index >= 15 is 0 Å². The van der Waals surface area contributed by atoms with Gasteiger partial charge in [0.15, 0.2) is 0 Å². The van der Waals surface area contributed by atoms with Gasteiger partial charge >= 0.3 is 5.97 Å². The van der Waals surface area contributed by atoms with Crippen molar-refractivity contribution in [3.63, 3.8) is 0 Å². The molecule has 2 aliphatic carbocycles. The molecule has 3 nitrogen and oxygen atoms in total. The number of nitriles is 1. The smallest absolute Gasteiger partial charge is 0.343 e. The first-order valence-corrected chi connectivity index (χ1v) is 11.6. The van der Waals surface area contributed by atoms with E-state index in [4.69, 9.17) is 10.00 Å². The van der Waals surface area contributed by atoms with E-state index in [1.165, 1.54) is 50.5 Å². The van der Waals surface area contributed by atoms with Gasteiger partial charge in [-0.25, -0.2) is 4.79 Å². The first-order valence-electron chi connectivity index (χ1n) is 11.6. The number of fused-ring (bicyclic) bond motifs is 1. The molecule has 2 saturated carbocycles. The van der Waals surface area contributed by atoms with Gasteiger partial charge in [0.25, 0.3) is 0 Å². The minimum Gasteiger partial charge on any atom is -0.423 e. The van der Waals surface area contributed by atoms with Crippen molar-refractivity contribution in [1.29, 1.82) is 5.26 Å². The van der Waals surface area contributed by atoms with Crippen LogP contribution in [0.25, 0.3) is 0 Å². The molecule has 2 aliphatic rings. The summed E-state index contributed by atoms with van der Waals surface area (Å²) in [5, 5.41) is 8.87. The van der Waals surface area contributed by atoms with E-state index in [-0.39, 0.29) is 5.97 Å². The molecular weight excluding hydrogens is 382 g/mol. The average Bonchev–Trinajstić information content (AvgIpc) is 2.83. The predicted octanol–water partition coefficient (Wildman–Crippen LogP) is 7.04. The van der Waals surface area contributed by atoms with Gasteiger partial charge in [-0.2, -0.15) is 5.26 Å². The Bertz CT molecular complexity index is 938. The van der Waals surface area contributed by atoms with Crippen molar-refractivity contribution in [2.24, 2.45) is 17.8 Å². The normalized spacial score (nSPS) is 25.1. The molecular formula is C28H31NO2. The summed E-state index contributed by atoms with van der Waals surface area (Å²) in [6, 6.07) is 16.6. The van der Waals surface area contributed by atoms with E-state index in [1.807, 2.05) is 12.1 Å². The number of esters is 1. The van der Waals surface area contributed by atoms with Crippen LogP contribution in [0.3, 0.4) is 0 Å². The maximum absolute atomic E-state index is 12.5. The maximum Gasteiger partial charge on any atom is 0.343 e. The van der Waals surface area contributed by atoms with Crippen molar-refractivity contribution in [2.45, 2.75) is 57.3 Å². The molecule has 31 heavy (non-hydrogen) atoms. The van der Waals surface area contributed by atoms with Gasteiger partial charge in [0, 0.05) is 0 Å². The van der Waals surface area contributed by atoms with Crippen LogP contribution in [0.1, 0.15) is 78.8 Å². The van der Waals surface area contributed by atoms with Gasteiger partial charge in [-0.05, 0) is 111 Å². The highest BCUT2D eigenvalue weighted by atomic mass is 16.5. The zero-order chi connectivity index (χ0) is 21.6. The van der Waals surface area contributed by atoms with Crippen molar-refractivity contribution < 1.29 is 9.53 Å². The molecule has 0 saturated heterocycles. The summed E-state index contributed by atoms with van der Waals surface area (Å²) in [5.41, 5.74) is 2.45. The minimum absolute atomic E-state index is 0.363. The minimum atomic E-state index is -0.363. The second-order valence-electron chi connectivity index (χ2n) is 9.22. The second-order valence-corrected chi connectivity index (χ2v) is 9.22. The van der Waals surface area contributed by atoms with Gasteiger partial charge in [0.1, 0.15) is 5.75 Å². The SMILES string of the molecule is C=CCCC1CCC2CC(c3ccc(C(=O)Oc4ccc(C#N)cc4)cc3)CCC2C1. The van der Waals surface area contributed by atoms with Gasteiger partial charge in [-0.1, -0.05) is 24.6 Å². The predicted molar refractivity (Wildman–Crippen MR) is 123 cm³/mol. The average molecular weight is 414 g/mol. The highest BCUT2D eigenvalue weighted by Crippen LogP contribution is 2.48. The highest BCUT2D eigenvalue weighted by molar-refractivity contribution is 5.91. The Kier molecular flexibility index (Phi) is 6.87. The van der Waals surface area contributed by atoms with E-state index in [9.17, 15) is 4.79 Å². The summed E-state index contributed by atoms with van der Waals surface area (Å²) in [5.74, 6) is 3.36. The third-order valence-electron chi connectivity index (χ3n) is 7.31. The molecule has 4 unspecified atom stereocenters. The van der Waals surface area contributed by atoms with Crippen molar-refractivity contribution in [1.82, 2.24) is 0 Å². The number of rotatable bonds is 6. The molecule has 2 fully saturated rings. The lowest BCUT2D eigenvalue weighted by atomic mass is 9.63. The molecule has 0 spiro atoms. The molecule has 0 N–H and O–H groups in total. The van der Waals surface area contributed by atoms with E-state index in [0.717, 1.165) is 24.2 Å². The molecule has 2 aromatic rings.